The van der Waals surface area contributed by atoms with Crippen molar-refractivity contribution >= 4 is 59.0 Å². The van der Waals surface area contributed by atoms with Gasteiger partial charge in [0.2, 0.25) is 17.8 Å². The van der Waals surface area contributed by atoms with Crippen LogP contribution in [-0.4, -0.2) is 143 Å². The van der Waals surface area contributed by atoms with Crippen molar-refractivity contribution in [3.05, 3.63) is 83.7 Å². The second-order valence-corrected chi connectivity index (χ2v) is 20.8. The molecule has 1 atom stereocenters. The second-order valence-electron chi connectivity index (χ2n) is 17.6. The maximum absolute atomic E-state index is 13.2. The van der Waals surface area contributed by atoms with Gasteiger partial charge in [-0.05, 0) is 86.5 Å². The molecule has 3 fully saturated rings. The summed E-state index contributed by atoms with van der Waals surface area (Å²) in [6.07, 6.45) is 6.86. The number of anilines is 5. The summed E-state index contributed by atoms with van der Waals surface area (Å²) in [6.45, 7) is 13.2. The molecule has 4 N–H and O–H groups in total. The number of amides is 3. The summed E-state index contributed by atoms with van der Waals surface area (Å²) in [7, 11) is -0.931. The van der Waals surface area contributed by atoms with Gasteiger partial charge in [0.05, 0.1) is 30.2 Å². The number of aryl methyl sites for hydroxylation is 1. The standard InChI is InChI=1S/C47H57N12O6P/c1-5-30-25-37(51-47-48-27-35(38-28-49-55-54-38)44(53-47)50-36-8-6-7-9-42(36)66(3,4)63)41(64-2)26-40(30)58-16-14-32(15-17-58)57-20-18-56(19-21-57)22-23-65-33-10-11-34-31(24-33)29-59(46(34)62)39-12-13-43(60)52-45(39)61/h6-11,24-28,32,39H,5,12-23,29H2,1-4H3,(H,49,54,55)(H,52,60,61)(H2,48,50,51,53). The Bertz CT molecular complexity index is 2640. The molecule has 9 rings (SSSR count). The first-order chi connectivity index (χ1) is 31.9. The number of nitrogens with one attached hydrogen (secondary N) is 4. The molecule has 1 unspecified atom stereocenters. The number of rotatable bonds is 15. The molecule has 66 heavy (non-hydrogen) atoms. The number of methoxy groups -OCH3 is 1. The van der Waals surface area contributed by atoms with Crippen molar-refractivity contribution in [2.24, 2.45) is 0 Å². The maximum Gasteiger partial charge on any atom is 0.255 e. The minimum atomic E-state index is -2.61. The van der Waals surface area contributed by atoms with Crippen LogP contribution in [0.3, 0.4) is 0 Å². The lowest BCUT2D eigenvalue weighted by Gasteiger charge is -2.43. The molecule has 0 radical (unpaired) electrons. The molecule has 19 heteroatoms. The van der Waals surface area contributed by atoms with Crippen LogP contribution in [0.2, 0.25) is 0 Å². The Balaban J connectivity index is 0.780. The Morgan fingerprint density at radius 3 is 2.42 bits per heavy atom. The van der Waals surface area contributed by atoms with Crippen LogP contribution < -0.4 is 35.6 Å². The molecule has 5 aromatic rings. The minimum absolute atomic E-state index is 0.182. The van der Waals surface area contributed by atoms with Gasteiger partial charge in [0.1, 0.15) is 42.8 Å². The van der Waals surface area contributed by atoms with Gasteiger partial charge in [0.15, 0.2) is 0 Å². The van der Waals surface area contributed by atoms with Crippen LogP contribution in [0, 0.1) is 0 Å². The fourth-order valence-corrected chi connectivity index (χ4v) is 10.7. The number of hydrogen-bond acceptors (Lipinski definition) is 15. The number of carbonyl (C=O) groups excluding carboxylic acids is 3. The first-order valence-corrected chi connectivity index (χ1v) is 25.3. The van der Waals surface area contributed by atoms with E-state index in [4.69, 9.17) is 14.5 Å². The Morgan fingerprint density at radius 1 is 0.894 bits per heavy atom. The molecule has 0 saturated carbocycles. The highest BCUT2D eigenvalue weighted by molar-refractivity contribution is 7.70. The van der Waals surface area contributed by atoms with E-state index < -0.39 is 19.1 Å². The molecule has 18 nitrogen and oxygen atoms in total. The van der Waals surface area contributed by atoms with Gasteiger partial charge in [-0.15, -0.1) is 0 Å². The van der Waals surface area contributed by atoms with E-state index in [1.807, 2.05) is 36.4 Å². The van der Waals surface area contributed by atoms with E-state index >= 15 is 0 Å². The van der Waals surface area contributed by atoms with Crippen LogP contribution in [-0.2, 0) is 27.1 Å². The van der Waals surface area contributed by atoms with Gasteiger partial charge in [-0.1, -0.05) is 19.1 Å². The number of benzene rings is 3. The summed E-state index contributed by atoms with van der Waals surface area (Å²) < 4.78 is 25.3. The molecule has 4 aliphatic rings. The van der Waals surface area contributed by atoms with Gasteiger partial charge >= 0.3 is 0 Å². The average molecular weight is 917 g/mol. The van der Waals surface area contributed by atoms with Crippen LogP contribution >= 0.6 is 7.14 Å². The number of carbonyl (C=O) groups is 3. The summed E-state index contributed by atoms with van der Waals surface area (Å²) >= 11 is 0. The lowest BCUT2D eigenvalue weighted by molar-refractivity contribution is -0.136. The van der Waals surface area contributed by atoms with Crippen molar-refractivity contribution in [1.29, 1.82) is 0 Å². The average Bonchev–Trinajstić information content (AvgIpc) is 3.97. The Kier molecular flexibility index (Phi) is 13.1. The molecule has 0 aliphatic carbocycles. The molecule has 0 bridgehead atoms. The number of piperidine rings is 2. The number of imide groups is 1. The Hall–Kier alpha value is -6.36. The number of ether oxygens (including phenoxy) is 2. The van der Waals surface area contributed by atoms with Crippen molar-refractivity contribution in [3.8, 4) is 22.8 Å². The smallest absolute Gasteiger partial charge is 0.255 e. The molecule has 3 aromatic carbocycles. The van der Waals surface area contributed by atoms with E-state index in [1.54, 1.807) is 43.8 Å². The van der Waals surface area contributed by atoms with Crippen molar-refractivity contribution in [3.63, 3.8) is 0 Å². The number of para-hydroxylation sites is 1. The molecular formula is C47H57N12O6P. The van der Waals surface area contributed by atoms with Crippen molar-refractivity contribution in [1.82, 2.24) is 45.4 Å². The van der Waals surface area contributed by atoms with Gasteiger partial charge in [0, 0.05) is 93.6 Å². The number of aromatic amines is 1. The number of piperazine rings is 1. The molecule has 346 valence electrons. The predicted molar refractivity (Wildman–Crippen MR) is 253 cm³/mol. The third-order valence-corrected chi connectivity index (χ3v) is 14.7. The van der Waals surface area contributed by atoms with Crippen molar-refractivity contribution in [2.75, 3.05) is 88.4 Å². The Morgan fingerprint density at radius 2 is 1.70 bits per heavy atom. The van der Waals surface area contributed by atoms with E-state index in [2.05, 4.69) is 70.1 Å². The summed E-state index contributed by atoms with van der Waals surface area (Å²) in [5, 5.41) is 20.8. The fraction of sp³-hybridized carbons (Fsp3) is 0.426. The van der Waals surface area contributed by atoms with Crippen LogP contribution in [0.4, 0.5) is 28.8 Å². The molecule has 3 amide bonds. The van der Waals surface area contributed by atoms with Crippen molar-refractivity contribution in [2.45, 2.75) is 57.7 Å². The van der Waals surface area contributed by atoms with E-state index in [0.29, 0.717) is 71.4 Å². The monoisotopic (exact) mass is 916 g/mol. The van der Waals surface area contributed by atoms with E-state index in [1.165, 1.54) is 11.3 Å². The number of H-pyrrole nitrogens is 1. The largest absolute Gasteiger partial charge is 0.494 e. The minimum Gasteiger partial charge on any atom is -0.494 e. The van der Waals surface area contributed by atoms with Gasteiger partial charge in [-0.25, -0.2) is 4.98 Å². The topological polar surface area (TPSA) is 203 Å². The van der Waals surface area contributed by atoms with Crippen molar-refractivity contribution < 1.29 is 28.4 Å². The fourth-order valence-electron chi connectivity index (χ4n) is 9.57. The summed E-state index contributed by atoms with van der Waals surface area (Å²) in [6, 6.07) is 17.2. The van der Waals surface area contributed by atoms with Crippen LogP contribution in [0.25, 0.3) is 11.3 Å². The van der Waals surface area contributed by atoms with E-state index in [0.717, 1.165) is 81.6 Å². The number of hydrogen-bond donors (Lipinski definition) is 4. The second kappa shape index (κ2) is 19.2. The molecule has 3 saturated heterocycles. The molecule has 6 heterocycles. The molecule has 2 aromatic heterocycles. The van der Waals surface area contributed by atoms with Crippen LogP contribution in [0.5, 0.6) is 11.5 Å². The van der Waals surface area contributed by atoms with E-state index in [9.17, 15) is 18.9 Å². The number of fused-ring (bicyclic) bond motifs is 1. The summed E-state index contributed by atoms with van der Waals surface area (Å²) in [5.74, 6) is 1.36. The zero-order chi connectivity index (χ0) is 46.0. The Labute approximate surface area is 384 Å². The third-order valence-electron chi connectivity index (χ3n) is 13.1. The van der Waals surface area contributed by atoms with E-state index in [-0.39, 0.29) is 18.2 Å². The first-order valence-electron chi connectivity index (χ1n) is 22.7. The summed E-state index contributed by atoms with van der Waals surface area (Å²) in [4.78, 5) is 55.8. The maximum atomic E-state index is 13.2. The van der Waals surface area contributed by atoms with Gasteiger partial charge < -0.3 is 34.5 Å². The molecule has 0 spiro atoms. The normalized spacial score (nSPS) is 18.6. The lowest BCUT2D eigenvalue weighted by atomic mass is 9.99. The third kappa shape index (κ3) is 9.62. The van der Waals surface area contributed by atoms with Gasteiger partial charge in [-0.3, -0.25) is 29.5 Å². The highest BCUT2D eigenvalue weighted by Gasteiger charge is 2.39. The first kappa shape index (κ1) is 44.8. The summed E-state index contributed by atoms with van der Waals surface area (Å²) in [5.41, 5.74) is 6.45. The lowest BCUT2D eigenvalue weighted by Crippen LogP contribution is -2.53. The highest BCUT2D eigenvalue weighted by Crippen LogP contribution is 2.40. The zero-order valence-electron chi connectivity index (χ0n) is 37.9. The zero-order valence-corrected chi connectivity index (χ0v) is 38.8. The van der Waals surface area contributed by atoms with Gasteiger partial charge in [-0.2, -0.15) is 20.4 Å². The van der Waals surface area contributed by atoms with Crippen LogP contribution in [0.1, 0.15) is 54.1 Å². The predicted octanol–water partition coefficient (Wildman–Crippen LogP) is 4.99. The quantitative estimate of drug-likeness (QED) is 0.0807. The highest BCUT2D eigenvalue weighted by atomic mass is 31.2. The van der Waals surface area contributed by atoms with Crippen LogP contribution in [0.15, 0.2) is 67.0 Å². The SMILES string of the molecule is CCc1cc(Nc2ncc(-c3cn[nH]n3)c(Nc3ccccc3P(C)(C)=O)n2)c(OC)cc1N1CCC(N2CCN(CCOc3ccc4c(c3)CN(C3CCC(=O)NC3=O)C4=O)CC2)CC1. The molecule has 4 aliphatic heterocycles. The van der Waals surface area contributed by atoms with Gasteiger partial charge in [0.25, 0.3) is 5.91 Å². The number of nitrogens with zero attached hydrogens (tertiary/aromatic N) is 8. The molecular weight excluding hydrogens is 860 g/mol. The number of aromatic nitrogens is 5.